The van der Waals surface area contributed by atoms with E-state index in [1.165, 1.54) is 19.6 Å². The number of aliphatic hydroxyl groups is 1. The van der Waals surface area contributed by atoms with Gasteiger partial charge in [-0.3, -0.25) is 19.4 Å². The van der Waals surface area contributed by atoms with Gasteiger partial charge in [0, 0.05) is 90.9 Å². The average Bonchev–Trinajstić information content (AvgIpc) is 3.84. The van der Waals surface area contributed by atoms with E-state index in [1.54, 1.807) is 7.11 Å². The van der Waals surface area contributed by atoms with Gasteiger partial charge in [-0.2, -0.15) is 0 Å². The van der Waals surface area contributed by atoms with Crippen molar-refractivity contribution in [2.24, 2.45) is 11.3 Å². The fourth-order valence-electron chi connectivity index (χ4n) is 12.5. The molecule has 286 valence electrons. The van der Waals surface area contributed by atoms with Gasteiger partial charge < -0.3 is 29.2 Å². The maximum atomic E-state index is 15.2. The molecule has 1 saturated carbocycles. The summed E-state index contributed by atoms with van der Waals surface area (Å²) in [6, 6.07) is 12.3. The maximum Gasteiger partial charge on any atom is 0.322 e. The molecule has 2 N–H and O–H groups in total. The summed E-state index contributed by atoms with van der Waals surface area (Å²) in [5.74, 6) is 0.00911. The van der Waals surface area contributed by atoms with Crippen molar-refractivity contribution < 1.29 is 28.9 Å². The van der Waals surface area contributed by atoms with Crippen molar-refractivity contribution in [2.45, 2.75) is 88.0 Å². The zero-order valence-corrected chi connectivity index (χ0v) is 32.5. The number of aromatic amines is 1. The van der Waals surface area contributed by atoms with Crippen LogP contribution in [0.25, 0.3) is 10.9 Å². The van der Waals surface area contributed by atoms with Crippen molar-refractivity contribution in [1.29, 1.82) is 0 Å². The fraction of sp³-hybridized carbons (Fsp3) is 0.545. The van der Waals surface area contributed by atoms with E-state index >= 15 is 4.79 Å². The van der Waals surface area contributed by atoms with Crippen LogP contribution in [0.5, 0.6) is 5.75 Å². The summed E-state index contributed by atoms with van der Waals surface area (Å²) >= 11 is 0. The molecule has 0 radical (unpaired) electrons. The number of benzene rings is 2. The van der Waals surface area contributed by atoms with Gasteiger partial charge in [-0.05, 0) is 67.8 Å². The number of esters is 2. The number of hydrogen-bond donors (Lipinski definition) is 2. The lowest BCUT2D eigenvalue weighted by Crippen LogP contribution is -2.74. The second-order valence-corrected chi connectivity index (χ2v) is 16.8. The van der Waals surface area contributed by atoms with Crippen LogP contribution in [0.1, 0.15) is 68.8 Å². The molecule has 2 aromatic carbocycles. The number of likely N-dealkylation sites (N-methyl/N-ethyl adjacent to an activating group) is 1. The third kappa shape index (κ3) is 4.62. The number of H-pyrrole nitrogens is 1. The van der Waals surface area contributed by atoms with Gasteiger partial charge in [0.15, 0.2) is 0 Å². The van der Waals surface area contributed by atoms with Gasteiger partial charge in [0.25, 0.3) is 0 Å². The number of fused-ring (bicyclic) bond motifs is 6. The Balaban J connectivity index is 1.34. The molecule has 9 atom stereocenters. The van der Waals surface area contributed by atoms with E-state index in [9.17, 15) is 9.90 Å². The van der Waals surface area contributed by atoms with Crippen LogP contribution in [0.15, 0.2) is 60.2 Å². The number of rotatable bonds is 6. The second kappa shape index (κ2) is 12.7. The molecule has 1 spiro atoms. The molecule has 54 heavy (non-hydrogen) atoms. The molecule has 2 bridgehead atoms. The molecule has 10 nitrogen and oxygen atoms in total. The lowest BCUT2D eigenvalue weighted by atomic mass is 9.51. The summed E-state index contributed by atoms with van der Waals surface area (Å²) in [5.41, 5.74) is 4.95. The molecule has 6 aliphatic rings. The molecule has 9 rings (SSSR count). The summed E-state index contributed by atoms with van der Waals surface area (Å²) in [5, 5.41) is 13.7. The van der Waals surface area contributed by atoms with Crippen LogP contribution in [-0.4, -0.2) is 110 Å². The van der Waals surface area contributed by atoms with E-state index in [0.717, 1.165) is 91.0 Å². The van der Waals surface area contributed by atoms with Gasteiger partial charge in [0.05, 0.1) is 20.3 Å². The number of anilines is 1. The summed E-state index contributed by atoms with van der Waals surface area (Å²) in [4.78, 5) is 39.0. The van der Waals surface area contributed by atoms with Gasteiger partial charge in [-0.1, -0.05) is 55.8 Å². The molecule has 5 aliphatic heterocycles. The van der Waals surface area contributed by atoms with Crippen molar-refractivity contribution in [3.63, 3.8) is 0 Å². The molecule has 2 fully saturated rings. The van der Waals surface area contributed by atoms with Gasteiger partial charge in [-0.15, -0.1) is 0 Å². The number of ether oxygens (including phenoxy) is 3. The normalized spacial score (nSPS) is 35.2. The third-order valence-corrected chi connectivity index (χ3v) is 14.5. The Kier molecular flexibility index (Phi) is 8.38. The first-order valence-electron chi connectivity index (χ1n) is 19.9. The van der Waals surface area contributed by atoms with Crippen LogP contribution < -0.4 is 9.64 Å². The Hall–Kier alpha value is -4.12. The third-order valence-electron chi connectivity index (χ3n) is 14.5. The first-order valence-corrected chi connectivity index (χ1v) is 19.9. The minimum atomic E-state index is -1.23. The van der Waals surface area contributed by atoms with Gasteiger partial charge in [-0.25, -0.2) is 0 Å². The van der Waals surface area contributed by atoms with Crippen LogP contribution in [0.2, 0.25) is 0 Å². The molecule has 10 heteroatoms. The summed E-state index contributed by atoms with van der Waals surface area (Å²) < 4.78 is 18.5. The summed E-state index contributed by atoms with van der Waals surface area (Å²) in [6.45, 7) is 10.1. The van der Waals surface area contributed by atoms with Gasteiger partial charge >= 0.3 is 11.9 Å². The predicted octanol–water partition coefficient (Wildman–Crippen LogP) is 5.25. The summed E-state index contributed by atoms with van der Waals surface area (Å²) in [7, 11) is 5.24. The van der Waals surface area contributed by atoms with E-state index in [0.29, 0.717) is 18.6 Å². The highest BCUT2D eigenvalue weighted by molar-refractivity contribution is 5.94. The van der Waals surface area contributed by atoms with Gasteiger partial charge in [0.1, 0.15) is 23.4 Å². The van der Waals surface area contributed by atoms with Crippen LogP contribution in [-0.2, 0) is 36.3 Å². The quantitative estimate of drug-likeness (QED) is 0.260. The standard InChI is InChI=1S/C44H54N4O6/c1-7-27-20-28-23-44(41(51)53-6,37-30(14-18-47(24-27)25-28)29-12-9-10-13-33(29)45-37)32-21-31-34(22-35(32)52-5)46(4)38-36(50)39(54-26(3)49)42(8-2)15-11-17-48-19-16-43(31,38)40(42)48/h9-13,15,20-22,28,36,38-40,45,50H,7-8,14,16-19,23-25H2,1-6H3/t28-,36-,38?,39-,40-,42-,43-,44-/m0/s1. The largest absolute Gasteiger partial charge is 0.496 e. The Labute approximate surface area is 318 Å². The minimum Gasteiger partial charge on any atom is -0.496 e. The Morgan fingerprint density at radius 2 is 1.91 bits per heavy atom. The van der Waals surface area contributed by atoms with Crippen LogP contribution >= 0.6 is 0 Å². The van der Waals surface area contributed by atoms with Crippen LogP contribution in [0.3, 0.4) is 0 Å². The van der Waals surface area contributed by atoms with Gasteiger partial charge in [0.2, 0.25) is 0 Å². The molecule has 6 heterocycles. The zero-order chi connectivity index (χ0) is 37.7. The number of carbonyl (C=O) groups excluding carboxylic acids is 2. The molecule has 2 unspecified atom stereocenters. The predicted molar refractivity (Wildman–Crippen MR) is 208 cm³/mol. The van der Waals surface area contributed by atoms with E-state index in [4.69, 9.17) is 14.2 Å². The monoisotopic (exact) mass is 734 g/mol. The van der Waals surface area contributed by atoms with E-state index in [-0.39, 0.29) is 29.9 Å². The molecule has 1 saturated heterocycles. The fourth-order valence-corrected chi connectivity index (χ4v) is 12.5. The zero-order valence-electron chi connectivity index (χ0n) is 32.5. The Bertz CT molecular complexity index is 2090. The van der Waals surface area contributed by atoms with E-state index < -0.39 is 28.5 Å². The van der Waals surface area contributed by atoms with Crippen LogP contribution in [0.4, 0.5) is 5.69 Å². The number of para-hydroxylation sites is 1. The SMILES string of the molecule is CCC1=C[C@@H]2CN(CCc3c([nH]c4ccccc34)[C@@](C(=O)OC)(c3cc4c(cc3OC)N(C)C3[C@H](O)[C@H](OC(C)=O)[C@]5(CC)C=CCN6CC[C@]43[C@@H]65)C2)C1. The number of nitrogens with one attached hydrogen (secondary N) is 1. The number of methoxy groups -OCH3 is 2. The molecule has 1 aromatic heterocycles. The Morgan fingerprint density at radius 1 is 1.09 bits per heavy atom. The molecule has 3 aromatic rings. The highest BCUT2D eigenvalue weighted by atomic mass is 16.6. The molecular weight excluding hydrogens is 681 g/mol. The lowest BCUT2D eigenvalue weighted by molar-refractivity contribution is -0.184. The van der Waals surface area contributed by atoms with Crippen molar-refractivity contribution in [3.05, 3.63) is 82.6 Å². The Morgan fingerprint density at radius 3 is 2.65 bits per heavy atom. The average molecular weight is 735 g/mol. The minimum absolute atomic E-state index is 0.0390. The van der Waals surface area contributed by atoms with Crippen molar-refractivity contribution in [2.75, 3.05) is 58.9 Å². The molecular formula is C44H54N4O6. The number of carbonyl (C=O) groups is 2. The van der Waals surface area contributed by atoms with Crippen molar-refractivity contribution >= 4 is 28.5 Å². The number of hydrogen-bond acceptors (Lipinski definition) is 9. The summed E-state index contributed by atoms with van der Waals surface area (Å²) in [6.07, 6.45) is 8.95. The molecule has 0 amide bonds. The number of nitrogens with zero attached hydrogens (tertiary/aromatic N) is 3. The highest BCUT2D eigenvalue weighted by Gasteiger charge is 2.73. The lowest BCUT2D eigenvalue weighted by Gasteiger charge is -2.60. The molecule has 1 aliphatic carbocycles. The van der Waals surface area contributed by atoms with E-state index in [2.05, 4.69) is 82.1 Å². The second-order valence-electron chi connectivity index (χ2n) is 16.8. The first-order chi connectivity index (χ1) is 26.1. The number of aromatic nitrogens is 1. The highest BCUT2D eigenvalue weighted by Crippen LogP contribution is 2.66. The number of aliphatic hydroxyl groups excluding tert-OH is 1. The van der Waals surface area contributed by atoms with Crippen molar-refractivity contribution in [3.8, 4) is 5.75 Å². The topological polar surface area (TPSA) is 108 Å². The maximum absolute atomic E-state index is 15.2. The van der Waals surface area contributed by atoms with Crippen LogP contribution in [0, 0.1) is 11.3 Å². The smallest absolute Gasteiger partial charge is 0.322 e. The first kappa shape index (κ1) is 35.6. The van der Waals surface area contributed by atoms with E-state index in [1.807, 2.05) is 13.1 Å². The van der Waals surface area contributed by atoms with Crippen molar-refractivity contribution in [1.82, 2.24) is 14.8 Å².